The van der Waals surface area contributed by atoms with Crippen molar-refractivity contribution in [2.75, 3.05) is 12.4 Å². The highest BCUT2D eigenvalue weighted by atomic mass is 15.2. The van der Waals surface area contributed by atoms with E-state index >= 15 is 0 Å². The number of aryl methyl sites for hydroxylation is 1. The predicted molar refractivity (Wildman–Crippen MR) is 64.3 cm³/mol. The lowest BCUT2D eigenvalue weighted by Gasteiger charge is -2.05. The van der Waals surface area contributed by atoms with Gasteiger partial charge in [0, 0.05) is 14.1 Å². The molecule has 0 unspecified atom stereocenters. The van der Waals surface area contributed by atoms with Crippen molar-refractivity contribution in [1.82, 2.24) is 9.55 Å². The zero-order valence-corrected chi connectivity index (χ0v) is 9.70. The summed E-state index contributed by atoms with van der Waals surface area (Å²) in [5.74, 6) is 1.47. The van der Waals surface area contributed by atoms with E-state index in [2.05, 4.69) is 46.9 Å². The number of imidazole rings is 1. The molecule has 0 bridgehead atoms. The Labute approximate surface area is 90.1 Å². The fourth-order valence-electron chi connectivity index (χ4n) is 1.79. The number of hydrogen-bond donors (Lipinski definition) is 1. The van der Waals surface area contributed by atoms with Crippen LogP contribution in [0.3, 0.4) is 0 Å². The number of aromatic nitrogens is 2. The Kier molecular flexibility index (Phi) is 2.39. The zero-order valence-electron chi connectivity index (χ0n) is 9.70. The van der Waals surface area contributed by atoms with Crippen LogP contribution in [0.15, 0.2) is 18.2 Å². The summed E-state index contributed by atoms with van der Waals surface area (Å²) < 4.78 is 2.08. The first kappa shape index (κ1) is 10.0. The molecule has 0 aliphatic heterocycles. The topological polar surface area (TPSA) is 29.9 Å². The Morgan fingerprint density at radius 2 is 2.07 bits per heavy atom. The average molecular weight is 203 g/mol. The van der Waals surface area contributed by atoms with Crippen LogP contribution in [0, 0.1) is 0 Å². The van der Waals surface area contributed by atoms with Gasteiger partial charge in [0.2, 0.25) is 5.95 Å². The van der Waals surface area contributed by atoms with Crippen LogP contribution in [0.2, 0.25) is 0 Å². The first-order chi connectivity index (χ1) is 7.13. The van der Waals surface area contributed by atoms with Crippen molar-refractivity contribution >= 4 is 17.0 Å². The normalized spacial score (nSPS) is 11.3. The Bertz CT molecular complexity index is 483. The van der Waals surface area contributed by atoms with E-state index in [4.69, 9.17) is 0 Å². The van der Waals surface area contributed by atoms with Gasteiger partial charge in [-0.15, -0.1) is 0 Å². The van der Waals surface area contributed by atoms with Crippen molar-refractivity contribution in [1.29, 1.82) is 0 Å². The molecule has 15 heavy (non-hydrogen) atoms. The van der Waals surface area contributed by atoms with E-state index in [0.717, 1.165) is 11.5 Å². The third-order valence-electron chi connectivity index (χ3n) is 2.80. The van der Waals surface area contributed by atoms with Crippen LogP contribution in [-0.2, 0) is 7.05 Å². The van der Waals surface area contributed by atoms with Crippen LogP contribution in [0.1, 0.15) is 25.3 Å². The second-order valence-corrected chi connectivity index (χ2v) is 4.15. The number of rotatable bonds is 2. The standard InChI is InChI=1S/C12H17N3/c1-8(2)9-5-6-10-11(7-9)15(4)12(13-3)14-10/h5-8H,1-4H3,(H,13,14). The lowest BCUT2D eigenvalue weighted by Crippen LogP contribution is -1.97. The minimum absolute atomic E-state index is 0.558. The fraction of sp³-hybridized carbons (Fsp3) is 0.417. The lowest BCUT2D eigenvalue weighted by molar-refractivity contribution is 0.865. The maximum Gasteiger partial charge on any atom is 0.203 e. The quantitative estimate of drug-likeness (QED) is 0.813. The molecule has 2 aromatic rings. The second kappa shape index (κ2) is 3.57. The molecule has 0 saturated heterocycles. The minimum atomic E-state index is 0.558. The van der Waals surface area contributed by atoms with E-state index in [0.29, 0.717) is 5.92 Å². The SMILES string of the molecule is CNc1nc2ccc(C(C)C)cc2n1C. The van der Waals surface area contributed by atoms with Gasteiger partial charge in [-0.3, -0.25) is 0 Å². The maximum atomic E-state index is 4.48. The number of anilines is 1. The van der Waals surface area contributed by atoms with Crippen LogP contribution in [-0.4, -0.2) is 16.6 Å². The van der Waals surface area contributed by atoms with Gasteiger partial charge in [0.1, 0.15) is 0 Å². The van der Waals surface area contributed by atoms with Crippen LogP contribution in [0.25, 0.3) is 11.0 Å². The fourth-order valence-corrected chi connectivity index (χ4v) is 1.79. The molecule has 0 amide bonds. The van der Waals surface area contributed by atoms with Gasteiger partial charge < -0.3 is 9.88 Å². The predicted octanol–water partition coefficient (Wildman–Crippen LogP) is 2.74. The first-order valence-corrected chi connectivity index (χ1v) is 5.27. The lowest BCUT2D eigenvalue weighted by atomic mass is 10.0. The molecule has 3 heteroatoms. The third kappa shape index (κ3) is 1.58. The Balaban J connectivity index is 2.65. The molecule has 1 N–H and O–H groups in total. The Hall–Kier alpha value is -1.51. The Morgan fingerprint density at radius 1 is 1.33 bits per heavy atom. The largest absolute Gasteiger partial charge is 0.359 e. The van der Waals surface area contributed by atoms with Gasteiger partial charge in [0.05, 0.1) is 11.0 Å². The van der Waals surface area contributed by atoms with E-state index in [1.807, 2.05) is 14.1 Å². The molecular weight excluding hydrogens is 186 g/mol. The minimum Gasteiger partial charge on any atom is -0.359 e. The van der Waals surface area contributed by atoms with E-state index < -0.39 is 0 Å². The summed E-state index contributed by atoms with van der Waals surface area (Å²) >= 11 is 0. The summed E-state index contributed by atoms with van der Waals surface area (Å²) in [6.07, 6.45) is 0. The van der Waals surface area contributed by atoms with Gasteiger partial charge in [-0.2, -0.15) is 0 Å². The van der Waals surface area contributed by atoms with Crippen molar-refractivity contribution < 1.29 is 0 Å². The molecule has 3 nitrogen and oxygen atoms in total. The van der Waals surface area contributed by atoms with Crippen LogP contribution < -0.4 is 5.32 Å². The highest BCUT2D eigenvalue weighted by molar-refractivity contribution is 5.79. The third-order valence-corrected chi connectivity index (χ3v) is 2.80. The maximum absolute atomic E-state index is 4.48. The van der Waals surface area contributed by atoms with E-state index in [1.165, 1.54) is 11.1 Å². The van der Waals surface area contributed by atoms with Crippen LogP contribution in [0.5, 0.6) is 0 Å². The molecule has 1 aromatic carbocycles. The molecule has 0 spiro atoms. The van der Waals surface area contributed by atoms with Gasteiger partial charge >= 0.3 is 0 Å². The second-order valence-electron chi connectivity index (χ2n) is 4.15. The summed E-state index contributed by atoms with van der Waals surface area (Å²) in [5, 5.41) is 3.09. The molecule has 0 fully saturated rings. The Morgan fingerprint density at radius 3 is 2.67 bits per heavy atom. The molecule has 0 aliphatic carbocycles. The monoisotopic (exact) mass is 203 g/mol. The van der Waals surface area contributed by atoms with Gasteiger partial charge in [-0.25, -0.2) is 4.98 Å². The smallest absolute Gasteiger partial charge is 0.203 e. The van der Waals surface area contributed by atoms with Gasteiger partial charge in [0.15, 0.2) is 0 Å². The zero-order chi connectivity index (χ0) is 11.0. The first-order valence-electron chi connectivity index (χ1n) is 5.27. The number of fused-ring (bicyclic) bond motifs is 1. The molecule has 0 radical (unpaired) electrons. The molecule has 0 saturated carbocycles. The molecular formula is C12H17N3. The molecule has 1 heterocycles. The van der Waals surface area contributed by atoms with Gasteiger partial charge in [-0.05, 0) is 23.6 Å². The highest BCUT2D eigenvalue weighted by Crippen LogP contribution is 2.23. The number of hydrogen-bond acceptors (Lipinski definition) is 2. The van der Waals surface area contributed by atoms with Crippen molar-refractivity contribution in [3.05, 3.63) is 23.8 Å². The summed E-state index contributed by atoms with van der Waals surface area (Å²) in [7, 11) is 3.93. The van der Waals surface area contributed by atoms with Crippen LogP contribution in [0.4, 0.5) is 5.95 Å². The molecule has 2 rings (SSSR count). The number of nitrogens with zero attached hydrogens (tertiary/aromatic N) is 2. The van der Waals surface area contributed by atoms with E-state index in [9.17, 15) is 0 Å². The van der Waals surface area contributed by atoms with E-state index in [-0.39, 0.29) is 0 Å². The van der Waals surface area contributed by atoms with Crippen LogP contribution >= 0.6 is 0 Å². The van der Waals surface area contributed by atoms with Crippen molar-refractivity contribution in [3.63, 3.8) is 0 Å². The van der Waals surface area contributed by atoms with Crippen molar-refractivity contribution in [2.45, 2.75) is 19.8 Å². The number of nitrogens with one attached hydrogen (secondary N) is 1. The highest BCUT2D eigenvalue weighted by Gasteiger charge is 2.07. The van der Waals surface area contributed by atoms with Gasteiger partial charge in [0.25, 0.3) is 0 Å². The summed E-state index contributed by atoms with van der Waals surface area (Å²) in [6.45, 7) is 4.41. The molecule has 0 atom stereocenters. The molecule has 80 valence electrons. The molecule has 1 aromatic heterocycles. The average Bonchev–Trinajstić information content (AvgIpc) is 2.55. The summed E-state index contributed by atoms with van der Waals surface area (Å²) in [6, 6.07) is 6.46. The van der Waals surface area contributed by atoms with E-state index in [1.54, 1.807) is 0 Å². The van der Waals surface area contributed by atoms with Gasteiger partial charge in [-0.1, -0.05) is 19.9 Å². The number of benzene rings is 1. The van der Waals surface area contributed by atoms with Crippen molar-refractivity contribution in [3.8, 4) is 0 Å². The summed E-state index contributed by atoms with van der Waals surface area (Å²) in [4.78, 5) is 4.48. The summed E-state index contributed by atoms with van der Waals surface area (Å²) in [5.41, 5.74) is 3.59. The van der Waals surface area contributed by atoms with Crippen molar-refractivity contribution in [2.24, 2.45) is 7.05 Å². The molecule has 0 aliphatic rings.